The number of piperidine rings is 1. The predicted octanol–water partition coefficient (Wildman–Crippen LogP) is 0.172. The number of unbranched alkanes of at least 4 members (excludes halogenated alkanes) is 1. The number of carboxylic acids is 1. The van der Waals surface area contributed by atoms with Crippen LogP contribution in [0.3, 0.4) is 0 Å². The van der Waals surface area contributed by atoms with Crippen LogP contribution in [0.4, 0.5) is 0 Å². The Morgan fingerprint density at radius 1 is 1.20 bits per heavy atom. The van der Waals surface area contributed by atoms with Gasteiger partial charge in [-0.25, -0.2) is 13.1 Å². The van der Waals surface area contributed by atoms with Crippen LogP contribution in [0.5, 0.6) is 0 Å². The van der Waals surface area contributed by atoms with Crippen LogP contribution < -0.4 is 4.72 Å². The molecule has 8 heteroatoms. The zero-order valence-electron chi connectivity index (χ0n) is 11.7. The van der Waals surface area contributed by atoms with Crippen LogP contribution in [0.15, 0.2) is 0 Å². The molecule has 116 valence electrons. The fourth-order valence-corrected chi connectivity index (χ4v) is 3.10. The molecule has 0 unspecified atom stereocenters. The van der Waals surface area contributed by atoms with E-state index in [-0.39, 0.29) is 18.4 Å². The molecule has 0 aliphatic carbocycles. The van der Waals surface area contributed by atoms with Crippen molar-refractivity contribution in [3.8, 4) is 0 Å². The van der Waals surface area contributed by atoms with E-state index in [1.807, 2.05) is 0 Å². The summed E-state index contributed by atoms with van der Waals surface area (Å²) in [7, 11) is -3.20. The van der Waals surface area contributed by atoms with E-state index in [0.717, 1.165) is 6.26 Å². The number of hydrogen-bond acceptors (Lipinski definition) is 4. The second-order valence-corrected chi connectivity index (χ2v) is 6.93. The molecule has 0 aromatic heterocycles. The average molecular weight is 306 g/mol. The number of nitrogens with one attached hydrogen (secondary N) is 1. The first-order valence-electron chi connectivity index (χ1n) is 6.75. The lowest BCUT2D eigenvalue weighted by Crippen LogP contribution is -2.46. The van der Waals surface area contributed by atoms with Gasteiger partial charge in [0.15, 0.2) is 0 Å². The number of sulfonamides is 1. The highest BCUT2D eigenvalue weighted by atomic mass is 32.2. The molecule has 0 saturated carbocycles. The maximum atomic E-state index is 11.9. The molecule has 0 spiro atoms. The molecule has 1 saturated heterocycles. The molecule has 7 nitrogen and oxygen atoms in total. The lowest BCUT2D eigenvalue weighted by molar-refractivity contribution is -0.137. The van der Waals surface area contributed by atoms with Crippen LogP contribution in [0, 0.1) is 0 Å². The van der Waals surface area contributed by atoms with Gasteiger partial charge in [0.25, 0.3) is 0 Å². The van der Waals surface area contributed by atoms with E-state index in [1.54, 1.807) is 4.90 Å². The Morgan fingerprint density at radius 3 is 2.25 bits per heavy atom. The highest BCUT2D eigenvalue weighted by molar-refractivity contribution is 7.88. The molecule has 0 aromatic rings. The summed E-state index contributed by atoms with van der Waals surface area (Å²) in [6.07, 6.45) is 3.90. The Morgan fingerprint density at radius 2 is 1.75 bits per heavy atom. The summed E-state index contributed by atoms with van der Waals surface area (Å²) in [5.41, 5.74) is 0. The van der Waals surface area contributed by atoms with Crippen LogP contribution in [-0.2, 0) is 19.6 Å². The monoisotopic (exact) mass is 306 g/mol. The van der Waals surface area contributed by atoms with Gasteiger partial charge in [0.05, 0.1) is 6.26 Å². The van der Waals surface area contributed by atoms with E-state index in [1.165, 1.54) is 0 Å². The quantitative estimate of drug-likeness (QED) is 0.653. The minimum absolute atomic E-state index is 0.0215. The van der Waals surface area contributed by atoms with Gasteiger partial charge in [0.1, 0.15) is 0 Å². The Bertz CT molecular complexity index is 441. The molecular formula is C12H22N2O5S. The molecule has 0 bridgehead atoms. The van der Waals surface area contributed by atoms with Gasteiger partial charge in [-0.1, -0.05) is 0 Å². The van der Waals surface area contributed by atoms with Gasteiger partial charge in [0.2, 0.25) is 15.9 Å². The number of hydrogen-bond donors (Lipinski definition) is 2. The summed E-state index contributed by atoms with van der Waals surface area (Å²) in [6, 6.07) is -0.0962. The largest absolute Gasteiger partial charge is 0.481 e. The van der Waals surface area contributed by atoms with Gasteiger partial charge in [-0.2, -0.15) is 0 Å². The van der Waals surface area contributed by atoms with Crippen LogP contribution >= 0.6 is 0 Å². The molecule has 2 N–H and O–H groups in total. The third-order valence-corrected chi connectivity index (χ3v) is 4.02. The smallest absolute Gasteiger partial charge is 0.303 e. The van der Waals surface area contributed by atoms with Crippen molar-refractivity contribution in [3.05, 3.63) is 0 Å². The summed E-state index contributed by atoms with van der Waals surface area (Å²) in [5.74, 6) is -0.821. The Labute approximate surface area is 119 Å². The number of likely N-dealkylation sites (tertiary alicyclic amines) is 1. The second-order valence-electron chi connectivity index (χ2n) is 5.15. The van der Waals surface area contributed by atoms with Gasteiger partial charge in [-0.05, 0) is 25.7 Å². The number of aliphatic carboxylic acids is 1. The third kappa shape index (κ3) is 6.85. The van der Waals surface area contributed by atoms with Gasteiger partial charge >= 0.3 is 5.97 Å². The van der Waals surface area contributed by atoms with Crippen LogP contribution in [0.1, 0.15) is 38.5 Å². The van der Waals surface area contributed by atoms with Crippen molar-refractivity contribution in [1.29, 1.82) is 0 Å². The molecule has 1 fully saturated rings. The van der Waals surface area contributed by atoms with Crippen LogP contribution in [0.25, 0.3) is 0 Å². The molecule has 0 aromatic carbocycles. The summed E-state index contributed by atoms with van der Waals surface area (Å²) in [4.78, 5) is 23.9. The van der Waals surface area contributed by atoms with Gasteiger partial charge < -0.3 is 10.0 Å². The molecule has 0 radical (unpaired) electrons. The van der Waals surface area contributed by atoms with Crippen molar-refractivity contribution in [2.45, 2.75) is 44.6 Å². The third-order valence-electron chi connectivity index (χ3n) is 3.26. The molecule has 1 aliphatic rings. The van der Waals surface area contributed by atoms with Crippen LogP contribution in [-0.4, -0.2) is 55.7 Å². The van der Waals surface area contributed by atoms with E-state index in [4.69, 9.17) is 5.11 Å². The molecule has 1 amide bonds. The number of rotatable bonds is 7. The molecule has 1 heterocycles. The summed E-state index contributed by atoms with van der Waals surface area (Å²) in [6.45, 7) is 1.09. The molecule has 1 aliphatic heterocycles. The standard InChI is InChI=1S/C12H22N2O5S/c1-20(18,19)13-10-6-8-14(9-7-10)11(15)4-2-3-5-12(16)17/h10,13H,2-9H2,1H3,(H,16,17). The summed E-state index contributed by atoms with van der Waals surface area (Å²) < 4.78 is 24.8. The second kappa shape index (κ2) is 7.58. The predicted molar refractivity (Wildman–Crippen MR) is 73.7 cm³/mol. The topological polar surface area (TPSA) is 104 Å². The summed E-state index contributed by atoms with van der Waals surface area (Å²) >= 11 is 0. The Kier molecular flexibility index (Phi) is 6.41. The molecule has 0 atom stereocenters. The number of nitrogens with zero attached hydrogens (tertiary/aromatic N) is 1. The van der Waals surface area contributed by atoms with E-state index < -0.39 is 16.0 Å². The highest BCUT2D eigenvalue weighted by Crippen LogP contribution is 2.13. The van der Waals surface area contributed by atoms with Crippen molar-refractivity contribution < 1.29 is 23.1 Å². The first-order chi connectivity index (χ1) is 9.28. The first kappa shape index (κ1) is 16.9. The van der Waals surface area contributed by atoms with Crippen molar-refractivity contribution >= 4 is 21.9 Å². The lowest BCUT2D eigenvalue weighted by atomic mass is 10.1. The van der Waals surface area contributed by atoms with Gasteiger partial charge in [-0.3, -0.25) is 9.59 Å². The van der Waals surface area contributed by atoms with Crippen molar-refractivity contribution in [3.63, 3.8) is 0 Å². The fraction of sp³-hybridized carbons (Fsp3) is 0.833. The fourth-order valence-electron chi connectivity index (χ4n) is 2.26. The first-order valence-corrected chi connectivity index (χ1v) is 8.64. The van der Waals surface area contributed by atoms with Gasteiger partial charge in [0, 0.05) is 32.0 Å². The van der Waals surface area contributed by atoms with E-state index in [9.17, 15) is 18.0 Å². The highest BCUT2D eigenvalue weighted by Gasteiger charge is 2.24. The minimum atomic E-state index is -3.20. The van der Waals surface area contributed by atoms with Gasteiger partial charge in [-0.15, -0.1) is 0 Å². The van der Waals surface area contributed by atoms with E-state index in [2.05, 4.69) is 4.72 Å². The lowest BCUT2D eigenvalue weighted by Gasteiger charge is -2.32. The maximum Gasteiger partial charge on any atom is 0.303 e. The average Bonchev–Trinajstić information content (AvgIpc) is 2.33. The molecule has 1 rings (SSSR count). The Balaban J connectivity index is 2.23. The van der Waals surface area contributed by atoms with E-state index >= 15 is 0 Å². The normalized spacial score (nSPS) is 17.1. The summed E-state index contributed by atoms with van der Waals surface area (Å²) in [5, 5.41) is 8.50. The molecular weight excluding hydrogens is 284 g/mol. The number of amides is 1. The van der Waals surface area contributed by atoms with Crippen molar-refractivity contribution in [2.24, 2.45) is 0 Å². The Hall–Kier alpha value is -1.15. The number of carboxylic acid groups (broad SMARTS) is 1. The zero-order valence-corrected chi connectivity index (χ0v) is 12.5. The zero-order chi connectivity index (χ0) is 15.2. The number of carbonyl (C=O) groups excluding carboxylic acids is 1. The van der Waals surface area contributed by atoms with Crippen molar-refractivity contribution in [2.75, 3.05) is 19.3 Å². The maximum absolute atomic E-state index is 11.9. The number of carbonyl (C=O) groups is 2. The van der Waals surface area contributed by atoms with E-state index in [0.29, 0.717) is 45.2 Å². The minimum Gasteiger partial charge on any atom is -0.481 e. The molecule has 20 heavy (non-hydrogen) atoms. The van der Waals surface area contributed by atoms with Crippen LogP contribution in [0.2, 0.25) is 0 Å². The SMILES string of the molecule is CS(=O)(=O)NC1CCN(C(=O)CCCCC(=O)O)CC1. The van der Waals surface area contributed by atoms with Crippen molar-refractivity contribution in [1.82, 2.24) is 9.62 Å².